The molecule has 0 aliphatic carbocycles. The molecule has 1 N–H and O–H groups in total. The smallest absolute Gasteiger partial charge is 0.306 e. The van der Waals surface area contributed by atoms with E-state index >= 15 is 0 Å². The molecule has 0 bridgehead atoms. The van der Waals surface area contributed by atoms with Gasteiger partial charge in [-0.3, -0.25) is 4.79 Å². The minimum Gasteiger partial charge on any atom is -0.497 e. The lowest BCUT2D eigenvalue weighted by atomic mass is 10.1. The van der Waals surface area contributed by atoms with Gasteiger partial charge in [-0.25, -0.2) is 0 Å². The molecular weight excluding hydrogens is 320 g/mol. The maximum Gasteiger partial charge on any atom is 0.306 e. The minimum atomic E-state index is -0.836. The quantitative estimate of drug-likeness (QED) is 0.336. The van der Waals surface area contributed by atoms with Crippen LogP contribution < -0.4 is 4.74 Å². The highest BCUT2D eigenvalue weighted by Crippen LogP contribution is 2.13. The van der Waals surface area contributed by atoms with E-state index < -0.39 is 12.2 Å². The van der Waals surface area contributed by atoms with Crippen LogP contribution in [0, 0.1) is 0 Å². The number of carbonyl (C=O) groups excluding carboxylic acids is 1. The number of benzene rings is 1. The van der Waals surface area contributed by atoms with E-state index in [2.05, 4.69) is 13.2 Å². The summed E-state index contributed by atoms with van der Waals surface area (Å²) in [6, 6.07) is 7.50. The summed E-state index contributed by atoms with van der Waals surface area (Å²) in [6.45, 7) is 7.70. The van der Waals surface area contributed by atoms with Gasteiger partial charge in [-0.05, 0) is 37.0 Å². The van der Waals surface area contributed by atoms with Crippen LogP contribution in [0.1, 0.15) is 31.2 Å². The highest BCUT2D eigenvalue weighted by molar-refractivity contribution is 5.69. The van der Waals surface area contributed by atoms with Crippen molar-refractivity contribution in [3.63, 3.8) is 0 Å². The largest absolute Gasteiger partial charge is 0.497 e. The predicted molar refractivity (Wildman–Crippen MR) is 97.4 cm³/mol. The Morgan fingerprint density at radius 1 is 1.24 bits per heavy atom. The third-order valence-electron chi connectivity index (χ3n) is 3.62. The van der Waals surface area contributed by atoms with Crippen LogP contribution in [0.4, 0.5) is 0 Å². The third kappa shape index (κ3) is 8.52. The van der Waals surface area contributed by atoms with E-state index in [9.17, 15) is 9.90 Å². The molecule has 5 heteroatoms. The second-order valence-corrected chi connectivity index (χ2v) is 5.66. The zero-order valence-electron chi connectivity index (χ0n) is 14.9. The lowest BCUT2D eigenvalue weighted by Crippen LogP contribution is -2.35. The zero-order valence-corrected chi connectivity index (χ0v) is 14.9. The monoisotopic (exact) mass is 348 g/mol. The zero-order chi connectivity index (χ0) is 18.5. The molecule has 2 atom stereocenters. The van der Waals surface area contributed by atoms with Crippen LogP contribution in [0.5, 0.6) is 5.75 Å². The van der Waals surface area contributed by atoms with Crippen LogP contribution in [0.25, 0.3) is 0 Å². The predicted octanol–water partition coefficient (Wildman–Crippen LogP) is 3.42. The van der Waals surface area contributed by atoms with Crippen LogP contribution in [0.2, 0.25) is 0 Å². The summed E-state index contributed by atoms with van der Waals surface area (Å²) in [5.74, 6) is 0.430. The first-order valence-corrected chi connectivity index (χ1v) is 8.40. The number of hydrogen-bond acceptors (Lipinski definition) is 5. The van der Waals surface area contributed by atoms with Crippen LogP contribution in [-0.2, 0) is 20.9 Å². The van der Waals surface area contributed by atoms with Gasteiger partial charge in [0.2, 0.25) is 0 Å². The van der Waals surface area contributed by atoms with Crippen molar-refractivity contribution in [1.29, 1.82) is 0 Å². The Balaban J connectivity index is 2.49. The summed E-state index contributed by atoms with van der Waals surface area (Å²) in [5.41, 5.74) is 0.968. The second kappa shape index (κ2) is 12.3. The first-order valence-electron chi connectivity index (χ1n) is 8.40. The fraction of sp³-hybridized carbons (Fsp3) is 0.450. The van der Waals surface area contributed by atoms with Crippen molar-refractivity contribution in [2.75, 3.05) is 13.7 Å². The lowest BCUT2D eigenvalue weighted by Gasteiger charge is -2.22. The number of ether oxygens (including phenoxy) is 3. The van der Waals surface area contributed by atoms with Crippen molar-refractivity contribution in [1.82, 2.24) is 0 Å². The van der Waals surface area contributed by atoms with E-state index in [0.717, 1.165) is 17.7 Å². The molecule has 0 aliphatic heterocycles. The van der Waals surface area contributed by atoms with Crippen molar-refractivity contribution in [3.8, 4) is 5.75 Å². The average Bonchev–Trinajstić information content (AvgIpc) is 2.62. The first kappa shape index (κ1) is 20.9. The number of unbranched alkanes of at least 4 members (excludes halogenated alkanes) is 1. The maximum absolute atomic E-state index is 11.9. The van der Waals surface area contributed by atoms with Crippen molar-refractivity contribution in [2.24, 2.45) is 0 Å². The van der Waals surface area contributed by atoms with Gasteiger partial charge < -0.3 is 19.3 Å². The van der Waals surface area contributed by atoms with Gasteiger partial charge in [0, 0.05) is 6.42 Å². The van der Waals surface area contributed by atoms with Crippen molar-refractivity contribution in [3.05, 3.63) is 55.1 Å². The van der Waals surface area contributed by atoms with E-state index in [1.165, 1.54) is 0 Å². The van der Waals surface area contributed by atoms with Gasteiger partial charge >= 0.3 is 5.97 Å². The Kier molecular flexibility index (Phi) is 10.3. The summed E-state index contributed by atoms with van der Waals surface area (Å²) in [4.78, 5) is 11.9. The molecule has 0 fully saturated rings. The summed E-state index contributed by atoms with van der Waals surface area (Å²) in [7, 11) is 1.61. The van der Waals surface area contributed by atoms with Crippen LogP contribution in [0.15, 0.2) is 49.6 Å². The van der Waals surface area contributed by atoms with Gasteiger partial charge in [-0.2, -0.15) is 0 Å². The molecular formula is C20H28O5. The van der Waals surface area contributed by atoms with E-state index in [1.54, 1.807) is 19.3 Å². The number of allylic oxidation sites excluding steroid dienone is 1. The molecule has 138 valence electrons. The SMILES string of the molecule is C=CCCCC(=O)O[C@H](COCc1ccc(OC)cc1)[C@@H](O)CC=C. The average molecular weight is 348 g/mol. The molecule has 25 heavy (non-hydrogen) atoms. The molecule has 0 aromatic heterocycles. The molecule has 0 amide bonds. The van der Waals surface area contributed by atoms with Gasteiger partial charge in [0.05, 0.1) is 26.4 Å². The maximum atomic E-state index is 11.9. The summed E-state index contributed by atoms with van der Waals surface area (Å²) < 4.78 is 16.1. The van der Waals surface area contributed by atoms with Gasteiger partial charge in [0.25, 0.3) is 0 Å². The number of carbonyl (C=O) groups is 1. The topological polar surface area (TPSA) is 65.0 Å². The van der Waals surface area contributed by atoms with E-state index in [0.29, 0.717) is 25.9 Å². The highest BCUT2D eigenvalue weighted by atomic mass is 16.6. The van der Waals surface area contributed by atoms with Crippen LogP contribution >= 0.6 is 0 Å². The lowest BCUT2D eigenvalue weighted by molar-refractivity contribution is -0.160. The molecule has 0 aliphatic rings. The molecule has 1 aromatic rings. The van der Waals surface area contributed by atoms with E-state index in [1.807, 2.05) is 24.3 Å². The van der Waals surface area contributed by atoms with Crippen LogP contribution in [0.3, 0.4) is 0 Å². The number of methoxy groups -OCH3 is 1. The fourth-order valence-electron chi connectivity index (χ4n) is 2.18. The molecule has 0 radical (unpaired) electrons. The van der Waals surface area contributed by atoms with E-state index in [-0.39, 0.29) is 12.6 Å². The van der Waals surface area contributed by atoms with E-state index in [4.69, 9.17) is 14.2 Å². The Bertz CT molecular complexity index is 523. The Morgan fingerprint density at radius 3 is 2.56 bits per heavy atom. The molecule has 0 unspecified atom stereocenters. The van der Waals surface area contributed by atoms with Gasteiger partial charge in [0.1, 0.15) is 5.75 Å². The molecule has 0 spiro atoms. The third-order valence-corrected chi connectivity index (χ3v) is 3.62. The Hall–Kier alpha value is -2.11. The standard InChI is InChI=1S/C20H28O5/c1-4-6-7-9-20(22)25-19(18(21)8-5-2)15-24-14-16-10-12-17(23-3)13-11-16/h4-5,10-13,18-19,21H,1-2,6-9,14-15H2,3H3/t18-,19+/m0/s1. The van der Waals surface area contributed by atoms with Crippen LogP contribution in [-0.4, -0.2) is 37.0 Å². The molecule has 0 saturated carbocycles. The van der Waals surface area contributed by atoms with Crippen molar-refractivity contribution >= 4 is 5.97 Å². The van der Waals surface area contributed by atoms with Crippen molar-refractivity contribution in [2.45, 2.75) is 44.5 Å². The molecule has 0 saturated heterocycles. The highest BCUT2D eigenvalue weighted by Gasteiger charge is 2.22. The number of hydrogen-bond donors (Lipinski definition) is 1. The van der Waals surface area contributed by atoms with Gasteiger partial charge in [-0.15, -0.1) is 13.2 Å². The Morgan fingerprint density at radius 2 is 1.96 bits per heavy atom. The summed E-state index contributed by atoms with van der Waals surface area (Å²) in [5, 5.41) is 10.1. The summed E-state index contributed by atoms with van der Waals surface area (Å²) in [6.07, 6.45) is 3.85. The van der Waals surface area contributed by atoms with Crippen molar-refractivity contribution < 1.29 is 24.1 Å². The molecule has 1 rings (SSSR count). The number of rotatable bonds is 13. The molecule has 1 aromatic carbocycles. The van der Waals surface area contributed by atoms with Gasteiger partial charge in [-0.1, -0.05) is 24.3 Å². The Labute approximate surface area is 149 Å². The molecule has 0 heterocycles. The summed E-state index contributed by atoms with van der Waals surface area (Å²) >= 11 is 0. The first-order chi connectivity index (χ1) is 12.1. The number of esters is 1. The molecule has 5 nitrogen and oxygen atoms in total. The minimum absolute atomic E-state index is 0.119. The van der Waals surface area contributed by atoms with Gasteiger partial charge in [0.15, 0.2) is 6.10 Å². The number of aliphatic hydroxyl groups is 1. The normalized spacial score (nSPS) is 12.9. The second-order valence-electron chi connectivity index (χ2n) is 5.66. The fourth-order valence-corrected chi connectivity index (χ4v) is 2.18. The number of aliphatic hydroxyl groups excluding tert-OH is 1.